The van der Waals surface area contributed by atoms with Gasteiger partial charge >= 0.3 is 0 Å². The van der Waals surface area contributed by atoms with Crippen molar-refractivity contribution in [2.24, 2.45) is 5.10 Å². The summed E-state index contributed by atoms with van der Waals surface area (Å²) in [4.78, 5) is 12.5. The van der Waals surface area contributed by atoms with E-state index in [-0.39, 0.29) is 5.91 Å². The topological polar surface area (TPSA) is 60.5 Å². The molecule has 4 rings (SSSR count). The third kappa shape index (κ3) is 4.34. The Balaban J connectivity index is 1.42. The van der Waals surface area contributed by atoms with E-state index in [4.69, 9.17) is 4.74 Å². The van der Waals surface area contributed by atoms with Crippen LogP contribution in [0.2, 0.25) is 0 Å². The average molecular weight is 427 g/mol. The van der Waals surface area contributed by atoms with Gasteiger partial charge in [-0.3, -0.25) is 4.79 Å². The molecule has 1 N–H and O–H groups in total. The summed E-state index contributed by atoms with van der Waals surface area (Å²) in [5.41, 5.74) is 9.49. The molecule has 4 aromatic rings. The molecule has 0 aliphatic heterocycles. The van der Waals surface area contributed by atoms with Crippen LogP contribution in [0.5, 0.6) is 5.75 Å². The molecule has 6 heteroatoms. The van der Waals surface area contributed by atoms with E-state index in [1.54, 1.807) is 13.3 Å². The summed E-state index contributed by atoms with van der Waals surface area (Å²) in [5.74, 6) is 0.565. The molecule has 0 fully saturated rings. The molecule has 0 aliphatic rings. The van der Waals surface area contributed by atoms with Crippen LogP contribution >= 0.6 is 0 Å². The van der Waals surface area contributed by atoms with Crippen LogP contribution in [-0.2, 0) is 0 Å². The Morgan fingerprint density at radius 2 is 1.50 bits per heavy atom. The first kappa shape index (κ1) is 21.2. The smallest absolute Gasteiger partial charge is 0.271 e. The number of rotatable bonds is 6. The molecule has 0 radical (unpaired) electrons. The molecule has 0 bridgehead atoms. The van der Waals surface area contributed by atoms with Gasteiger partial charge in [0, 0.05) is 45.8 Å². The van der Waals surface area contributed by atoms with Crippen molar-refractivity contribution >= 4 is 12.1 Å². The minimum absolute atomic E-state index is 0.250. The summed E-state index contributed by atoms with van der Waals surface area (Å²) in [5, 5.41) is 4.13. The standard InChI is InChI=1S/C26H26N4O2/c1-18-5-6-19(2)30(18)24-9-7-22(8-10-24)26(31)28-27-16-21-15-20(3)29(17-21)23-11-13-25(32-4)14-12-23/h5-17H,1-4H3,(H,28,31)/b27-16-. The normalized spacial score (nSPS) is 11.1. The van der Waals surface area contributed by atoms with Crippen LogP contribution in [0.4, 0.5) is 0 Å². The van der Waals surface area contributed by atoms with E-state index in [9.17, 15) is 4.79 Å². The van der Waals surface area contributed by atoms with E-state index in [1.165, 1.54) is 0 Å². The zero-order valence-corrected chi connectivity index (χ0v) is 18.7. The lowest BCUT2D eigenvalue weighted by Gasteiger charge is -2.10. The van der Waals surface area contributed by atoms with Crippen molar-refractivity contribution in [3.05, 3.63) is 101 Å². The van der Waals surface area contributed by atoms with Gasteiger partial charge in [0.05, 0.1) is 13.3 Å². The molecule has 0 atom stereocenters. The fourth-order valence-corrected chi connectivity index (χ4v) is 3.76. The van der Waals surface area contributed by atoms with Gasteiger partial charge in [-0.1, -0.05) is 0 Å². The van der Waals surface area contributed by atoms with Gasteiger partial charge < -0.3 is 13.9 Å². The lowest BCUT2D eigenvalue weighted by Crippen LogP contribution is -2.17. The van der Waals surface area contributed by atoms with E-state index in [0.717, 1.165) is 39.8 Å². The molecule has 1 amide bonds. The number of methoxy groups -OCH3 is 1. The number of nitrogens with one attached hydrogen (secondary N) is 1. The number of ether oxygens (including phenoxy) is 1. The number of nitrogens with zero attached hydrogens (tertiary/aromatic N) is 3. The highest BCUT2D eigenvalue weighted by molar-refractivity contribution is 5.95. The zero-order valence-electron chi connectivity index (χ0n) is 18.7. The molecular formula is C26H26N4O2. The van der Waals surface area contributed by atoms with Crippen LogP contribution in [0, 0.1) is 20.8 Å². The highest BCUT2D eigenvalue weighted by Gasteiger charge is 2.08. The Morgan fingerprint density at radius 3 is 2.12 bits per heavy atom. The number of carbonyl (C=O) groups is 1. The van der Waals surface area contributed by atoms with Crippen LogP contribution < -0.4 is 10.2 Å². The number of amides is 1. The van der Waals surface area contributed by atoms with Crippen LogP contribution in [0.1, 0.15) is 33.0 Å². The number of benzene rings is 2. The highest BCUT2D eigenvalue weighted by Crippen LogP contribution is 2.19. The van der Waals surface area contributed by atoms with E-state index in [1.807, 2.05) is 67.7 Å². The van der Waals surface area contributed by atoms with E-state index in [2.05, 4.69) is 45.6 Å². The Kier molecular flexibility index (Phi) is 5.94. The van der Waals surface area contributed by atoms with Crippen molar-refractivity contribution in [3.63, 3.8) is 0 Å². The Hall–Kier alpha value is -4.06. The quantitative estimate of drug-likeness (QED) is 0.350. The summed E-state index contributed by atoms with van der Waals surface area (Å²) in [6, 6.07) is 21.5. The third-order valence-corrected chi connectivity index (χ3v) is 5.42. The van der Waals surface area contributed by atoms with Crippen LogP contribution in [0.3, 0.4) is 0 Å². The summed E-state index contributed by atoms with van der Waals surface area (Å²) >= 11 is 0. The molecule has 2 heterocycles. The number of aromatic nitrogens is 2. The van der Waals surface area contributed by atoms with Gasteiger partial charge in [-0.15, -0.1) is 0 Å². The highest BCUT2D eigenvalue weighted by atomic mass is 16.5. The average Bonchev–Trinajstić information content (AvgIpc) is 3.34. The second kappa shape index (κ2) is 8.98. The molecule has 32 heavy (non-hydrogen) atoms. The largest absolute Gasteiger partial charge is 0.497 e. The predicted octanol–water partition coefficient (Wildman–Crippen LogP) is 4.97. The van der Waals surface area contributed by atoms with Crippen molar-refractivity contribution < 1.29 is 9.53 Å². The molecule has 6 nitrogen and oxygen atoms in total. The van der Waals surface area contributed by atoms with Gasteiger partial charge in [-0.05, 0) is 87.5 Å². The van der Waals surface area contributed by atoms with Gasteiger partial charge in [0.15, 0.2) is 0 Å². The number of hydrogen-bond donors (Lipinski definition) is 1. The maximum absolute atomic E-state index is 12.5. The van der Waals surface area contributed by atoms with Crippen LogP contribution in [-0.4, -0.2) is 28.4 Å². The van der Waals surface area contributed by atoms with Crippen molar-refractivity contribution in [2.75, 3.05) is 7.11 Å². The fourth-order valence-electron chi connectivity index (χ4n) is 3.76. The van der Waals surface area contributed by atoms with E-state index >= 15 is 0 Å². The van der Waals surface area contributed by atoms with E-state index < -0.39 is 0 Å². The minimum Gasteiger partial charge on any atom is -0.497 e. The first-order valence-corrected chi connectivity index (χ1v) is 10.4. The second-order valence-electron chi connectivity index (χ2n) is 7.68. The zero-order chi connectivity index (χ0) is 22.7. The summed E-state index contributed by atoms with van der Waals surface area (Å²) in [6.45, 7) is 6.15. The number of aryl methyl sites for hydroxylation is 3. The maximum Gasteiger partial charge on any atom is 0.271 e. The molecule has 162 valence electrons. The molecule has 2 aromatic heterocycles. The van der Waals surface area contributed by atoms with Gasteiger partial charge in [0.2, 0.25) is 0 Å². The maximum atomic E-state index is 12.5. The molecule has 2 aromatic carbocycles. The summed E-state index contributed by atoms with van der Waals surface area (Å²) < 4.78 is 9.43. The minimum atomic E-state index is -0.250. The van der Waals surface area contributed by atoms with Gasteiger partial charge in [-0.25, -0.2) is 5.43 Å². The molecular weight excluding hydrogens is 400 g/mol. The first-order valence-electron chi connectivity index (χ1n) is 10.4. The van der Waals surface area contributed by atoms with Gasteiger partial charge in [0.25, 0.3) is 5.91 Å². The van der Waals surface area contributed by atoms with Crippen LogP contribution in [0.25, 0.3) is 11.4 Å². The summed E-state index contributed by atoms with van der Waals surface area (Å²) in [7, 11) is 1.65. The number of hydrazone groups is 1. The van der Waals surface area contributed by atoms with Crippen molar-refractivity contribution in [2.45, 2.75) is 20.8 Å². The van der Waals surface area contributed by atoms with Gasteiger partial charge in [0.1, 0.15) is 5.75 Å². The lowest BCUT2D eigenvalue weighted by atomic mass is 10.2. The SMILES string of the molecule is COc1ccc(-n2cc(/C=N\NC(=O)c3ccc(-n4c(C)ccc4C)cc3)cc2C)cc1. The third-order valence-electron chi connectivity index (χ3n) is 5.42. The Bertz CT molecular complexity index is 1240. The number of hydrogen-bond acceptors (Lipinski definition) is 3. The van der Waals surface area contributed by atoms with Gasteiger partial charge in [-0.2, -0.15) is 5.10 Å². The first-order chi connectivity index (χ1) is 15.5. The van der Waals surface area contributed by atoms with Crippen molar-refractivity contribution in [1.82, 2.24) is 14.6 Å². The molecule has 0 saturated heterocycles. The number of carbonyl (C=O) groups excluding carboxylic acids is 1. The fraction of sp³-hybridized carbons (Fsp3) is 0.154. The Labute approximate surface area is 187 Å². The Morgan fingerprint density at radius 1 is 0.875 bits per heavy atom. The monoisotopic (exact) mass is 426 g/mol. The molecule has 0 spiro atoms. The molecule has 0 unspecified atom stereocenters. The molecule has 0 aliphatic carbocycles. The van der Waals surface area contributed by atoms with Crippen LogP contribution in [0.15, 0.2) is 78.0 Å². The lowest BCUT2D eigenvalue weighted by molar-refractivity contribution is 0.0955. The predicted molar refractivity (Wildman–Crippen MR) is 127 cm³/mol. The summed E-state index contributed by atoms with van der Waals surface area (Å²) in [6.07, 6.45) is 3.62. The van der Waals surface area contributed by atoms with Crippen molar-refractivity contribution in [3.8, 4) is 17.1 Å². The van der Waals surface area contributed by atoms with Crippen molar-refractivity contribution in [1.29, 1.82) is 0 Å². The molecule has 0 saturated carbocycles. The second-order valence-corrected chi connectivity index (χ2v) is 7.68. The van der Waals surface area contributed by atoms with E-state index in [0.29, 0.717) is 5.56 Å².